The molecule has 1 aromatic rings. The van der Waals surface area contributed by atoms with Crippen LogP contribution in [0.5, 0.6) is 0 Å². The largest absolute Gasteiger partial charge is 0.462 e. The second-order valence-electron chi connectivity index (χ2n) is 4.40. The van der Waals surface area contributed by atoms with Crippen molar-refractivity contribution in [3.63, 3.8) is 0 Å². The van der Waals surface area contributed by atoms with E-state index in [1.807, 2.05) is 6.07 Å². The molecule has 114 valence electrons. The van der Waals surface area contributed by atoms with Crippen LogP contribution in [0.25, 0.3) is 0 Å². The van der Waals surface area contributed by atoms with Gasteiger partial charge < -0.3 is 15.2 Å². The fourth-order valence-electron chi connectivity index (χ4n) is 2.22. The molecule has 2 heterocycles. The molecule has 0 bridgehead atoms. The van der Waals surface area contributed by atoms with Gasteiger partial charge in [0, 0.05) is 12.4 Å². The summed E-state index contributed by atoms with van der Waals surface area (Å²) in [6.07, 6.45) is 3.16. The van der Waals surface area contributed by atoms with Crippen LogP contribution in [-0.2, 0) is 14.3 Å². The number of rotatable bonds is 4. The van der Waals surface area contributed by atoms with Crippen LogP contribution in [0.15, 0.2) is 47.3 Å². The highest BCUT2D eigenvalue weighted by atomic mass is 35.5. The molecule has 6 nitrogen and oxygen atoms in total. The number of pyridine rings is 1. The van der Waals surface area contributed by atoms with E-state index < -0.39 is 11.9 Å². The summed E-state index contributed by atoms with van der Waals surface area (Å²) in [5.74, 6) is -1.25. The van der Waals surface area contributed by atoms with Gasteiger partial charge in [-0.1, -0.05) is 6.07 Å². The first-order valence-corrected chi connectivity index (χ1v) is 7.11. The number of hydrogen-bond acceptors (Lipinski definition) is 6. The van der Waals surface area contributed by atoms with Crippen molar-refractivity contribution < 1.29 is 14.3 Å². The number of carbonyl (C=O) groups is 1. The Morgan fingerprint density at radius 2 is 2.41 bits per heavy atom. The van der Waals surface area contributed by atoms with E-state index in [1.54, 1.807) is 31.5 Å². The van der Waals surface area contributed by atoms with Crippen LogP contribution in [0.1, 0.15) is 18.4 Å². The van der Waals surface area contributed by atoms with Crippen molar-refractivity contribution in [3.05, 3.63) is 52.9 Å². The smallest absolute Gasteiger partial charge is 0.340 e. The first-order chi connectivity index (χ1) is 10.6. The molecule has 1 atom stereocenters. The lowest BCUT2D eigenvalue weighted by molar-refractivity contribution is -0.139. The molecule has 2 rings (SSSR count). The third kappa shape index (κ3) is 2.90. The van der Waals surface area contributed by atoms with E-state index in [9.17, 15) is 10.1 Å². The van der Waals surface area contributed by atoms with Crippen molar-refractivity contribution in [1.82, 2.24) is 4.98 Å². The Kier molecular flexibility index (Phi) is 5.02. The summed E-state index contributed by atoms with van der Waals surface area (Å²) in [7, 11) is 0. The van der Waals surface area contributed by atoms with Crippen LogP contribution in [-0.4, -0.2) is 23.4 Å². The van der Waals surface area contributed by atoms with E-state index in [2.05, 4.69) is 4.98 Å². The first-order valence-electron chi connectivity index (χ1n) is 6.57. The average molecular weight is 320 g/mol. The number of aromatic nitrogens is 1. The van der Waals surface area contributed by atoms with Gasteiger partial charge in [0.1, 0.15) is 11.3 Å². The van der Waals surface area contributed by atoms with Gasteiger partial charge in [-0.05, 0) is 18.6 Å². The molecule has 1 aliphatic heterocycles. The first kappa shape index (κ1) is 15.9. The number of halogens is 1. The number of hydrogen-bond donors (Lipinski definition) is 1. The zero-order chi connectivity index (χ0) is 16.1. The molecule has 0 amide bonds. The zero-order valence-corrected chi connectivity index (χ0v) is 12.6. The van der Waals surface area contributed by atoms with Gasteiger partial charge in [-0.15, -0.1) is 11.6 Å². The van der Waals surface area contributed by atoms with Crippen molar-refractivity contribution in [2.45, 2.75) is 12.8 Å². The number of alkyl halides is 1. The Balaban J connectivity index is 2.61. The van der Waals surface area contributed by atoms with Crippen molar-refractivity contribution >= 4 is 17.6 Å². The highest BCUT2D eigenvalue weighted by Crippen LogP contribution is 2.39. The summed E-state index contributed by atoms with van der Waals surface area (Å²) in [5, 5.41) is 9.46. The summed E-state index contributed by atoms with van der Waals surface area (Å²) in [6, 6.07) is 5.50. The van der Waals surface area contributed by atoms with E-state index in [0.29, 0.717) is 5.56 Å². The van der Waals surface area contributed by atoms with Crippen LogP contribution >= 0.6 is 11.6 Å². The fourth-order valence-corrected chi connectivity index (χ4v) is 2.42. The van der Waals surface area contributed by atoms with E-state index in [-0.39, 0.29) is 35.3 Å². The number of nitrogens with zero attached hydrogens (tertiary/aromatic N) is 2. The molecule has 0 unspecified atom stereocenters. The highest BCUT2D eigenvalue weighted by molar-refractivity contribution is 6.19. The van der Waals surface area contributed by atoms with E-state index >= 15 is 0 Å². The lowest BCUT2D eigenvalue weighted by Crippen LogP contribution is -2.27. The molecule has 0 saturated heterocycles. The molecule has 0 spiro atoms. The maximum atomic E-state index is 12.2. The minimum Gasteiger partial charge on any atom is -0.462 e. The molecule has 1 aromatic heterocycles. The Morgan fingerprint density at radius 3 is 2.95 bits per heavy atom. The summed E-state index contributed by atoms with van der Waals surface area (Å²) < 4.78 is 10.4. The Labute approximate surface area is 132 Å². The van der Waals surface area contributed by atoms with Crippen LogP contribution in [0.2, 0.25) is 0 Å². The van der Waals surface area contributed by atoms with Crippen LogP contribution < -0.4 is 5.73 Å². The summed E-state index contributed by atoms with van der Waals surface area (Å²) in [5.41, 5.74) is 6.80. The Morgan fingerprint density at radius 1 is 1.64 bits per heavy atom. The van der Waals surface area contributed by atoms with Gasteiger partial charge in [-0.25, -0.2) is 4.79 Å². The summed E-state index contributed by atoms with van der Waals surface area (Å²) in [4.78, 5) is 16.2. The minimum absolute atomic E-state index is 0.0313. The third-order valence-electron chi connectivity index (χ3n) is 3.13. The predicted molar refractivity (Wildman–Crippen MR) is 79.3 cm³/mol. The Bertz CT molecular complexity index is 677. The lowest BCUT2D eigenvalue weighted by Gasteiger charge is -2.27. The molecule has 0 aliphatic carbocycles. The average Bonchev–Trinajstić information content (AvgIpc) is 2.54. The molecule has 2 N–H and O–H groups in total. The number of ether oxygens (including phenoxy) is 2. The van der Waals surface area contributed by atoms with Crippen LogP contribution in [0, 0.1) is 11.3 Å². The van der Waals surface area contributed by atoms with E-state index in [4.69, 9.17) is 26.8 Å². The molecule has 22 heavy (non-hydrogen) atoms. The fraction of sp³-hybridized carbons (Fsp3) is 0.267. The SMILES string of the molecule is CCOC(=O)C1=C(N)OC(CCl)=C(C#N)[C@H]1c1cccnc1. The molecule has 0 radical (unpaired) electrons. The number of carbonyl (C=O) groups excluding carboxylic acids is 1. The lowest BCUT2D eigenvalue weighted by atomic mass is 9.84. The van der Waals surface area contributed by atoms with Gasteiger partial charge in [0.05, 0.1) is 30.0 Å². The predicted octanol–water partition coefficient (Wildman–Crippen LogP) is 1.95. The minimum atomic E-state index is -0.708. The van der Waals surface area contributed by atoms with Crippen molar-refractivity contribution in [2.24, 2.45) is 5.73 Å². The second-order valence-corrected chi connectivity index (χ2v) is 4.67. The zero-order valence-electron chi connectivity index (χ0n) is 11.9. The summed E-state index contributed by atoms with van der Waals surface area (Å²) >= 11 is 5.82. The number of esters is 1. The van der Waals surface area contributed by atoms with Gasteiger partial charge in [0.25, 0.3) is 0 Å². The van der Waals surface area contributed by atoms with Crippen LogP contribution in [0.3, 0.4) is 0 Å². The van der Waals surface area contributed by atoms with Crippen molar-refractivity contribution in [3.8, 4) is 6.07 Å². The number of nitriles is 1. The van der Waals surface area contributed by atoms with Crippen LogP contribution in [0.4, 0.5) is 0 Å². The van der Waals surface area contributed by atoms with Crippen molar-refractivity contribution in [1.29, 1.82) is 5.26 Å². The molecule has 0 fully saturated rings. The molecular formula is C15H14ClN3O3. The van der Waals surface area contributed by atoms with E-state index in [1.165, 1.54) is 0 Å². The summed E-state index contributed by atoms with van der Waals surface area (Å²) in [6.45, 7) is 1.87. The Hall–Kier alpha value is -2.52. The van der Waals surface area contributed by atoms with Gasteiger partial charge in [-0.2, -0.15) is 5.26 Å². The maximum Gasteiger partial charge on any atom is 0.340 e. The second kappa shape index (κ2) is 6.96. The number of allylic oxidation sites excluding steroid dienone is 2. The van der Waals surface area contributed by atoms with Gasteiger partial charge in [-0.3, -0.25) is 4.98 Å². The van der Waals surface area contributed by atoms with E-state index in [0.717, 1.165) is 0 Å². The standard InChI is InChI=1S/C15H14ClN3O3/c1-2-21-15(20)13-12(9-4-3-5-19-8-9)10(7-17)11(6-16)22-14(13)18/h3-5,8,12H,2,6,18H2,1H3/t12-/m1/s1. The molecule has 1 aliphatic rings. The van der Waals surface area contributed by atoms with Gasteiger partial charge in [0.2, 0.25) is 5.88 Å². The van der Waals surface area contributed by atoms with Gasteiger partial charge in [0.15, 0.2) is 0 Å². The molecule has 7 heteroatoms. The normalized spacial score (nSPS) is 17.8. The topological polar surface area (TPSA) is 98.2 Å². The molecular weight excluding hydrogens is 306 g/mol. The quantitative estimate of drug-likeness (QED) is 0.672. The maximum absolute atomic E-state index is 12.2. The highest BCUT2D eigenvalue weighted by Gasteiger charge is 2.37. The van der Waals surface area contributed by atoms with Gasteiger partial charge >= 0.3 is 5.97 Å². The molecule has 0 aromatic carbocycles. The molecule has 0 saturated carbocycles. The number of nitrogens with two attached hydrogens (primary N) is 1. The monoisotopic (exact) mass is 319 g/mol. The third-order valence-corrected chi connectivity index (χ3v) is 3.37. The van der Waals surface area contributed by atoms with Crippen molar-refractivity contribution in [2.75, 3.05) is 12.5 Å².